The lowest BCUT2D eigenvalue weighted by Gasteiger charge is -2.23. The fourth-order valence-corrected chi connectivity index (χ4v) is 2.88. The van der Waals surface area contributed by atoms with Crippen molar-refractivity contribution in [3.05, 3.63) is 48.0 Å². The molecule has 25 heavy (non-hydrogen) atoms. The Labute approximate surface area is 147 Å². The van der Waals surface area contributed by atoms with Gasteiger partial charge in [0.1, 0.15) is 5.69 Å². The van der Waals surface area contributed by atoms with Gasteiger partial charge in [0.15, 0.2) is 0 Å². The van der Waals surface area contributed by atoms with Gasteiger partial charge in [-0.1, -0.05) is 6.07 Å². The summed E-state index contributed by atoms with van der Waals surface area (Å²) in [5, 5.41) is 0. The normalized spacial score (nSPS) is 17.8. The Morgan fingerprint density at radius 2 is 2.08 bits per heavy atom. The highest BCUT2D eigenvalue weighted by molar-refractivity contribution is 5.91. The number of carbonyl (C=O) groups is 1. The van der Waals surface area contributed by atoms with Gasteiger partial charge in [-0.25, -0.2) is 15.0 Å². The summed E-state index contributed by atoms with van der Waals surface area (Å²) >= 11 is 0. The predicted molar refractivity (Wildman–Crippen MR) is 94.5 cm³/mol. The topological polar surface area (TPSA) is 71.5 Å². The van der Waals surface area contributed by atoms with Gasteiger partial charge in [-0.15, -0.1) is 0 Å². The van der Waals surface area contributed by atoms with Gasteiger partial charge in [-0.3, -0.25) is 4.79 Å². The molecule has 1 fully saturated rings. The summed E-state index contributed by atoms with van der Waals surface area (Å²) in [5.41, 5.74) is 1.37. The number of ether oxygens (including phenoxy) is 1. The first-order chi connectivity index (χ1) is 12.1. The molecule has 1 aliphatic heterocycles. The molecule has 0 N–H and O–H groups in total. The van der Waals surface area contributed by atoms with Crippen LogP contribution in [0.3, 0.4) is 0 Å². The van der Waals surface area contributed by atoms with Crippen molar-refractivity contribution in [1.82, 2.24) is 19.9 Å². The lowest BCUT2D eigenvalue weighted by atomic mass is 10.0. The van der Waals surface area contributed by atoms with E-state index in [2.05, 4.69) is 19.9 Å². The molecule has 1 saturated heterocycles. The maximum absolute atomic E-state index is 12.1. The Kier molecular flexibility index (Phi) is 5.55. The molecule has 132 valence electrons. The van der Waals surface area contributed by atoms with Gasteiger partial charge < -0.3 is 14.5 Å². The molecule has 7 nitrogen and oxygen atoms in total. The molecule has 3 heterocycles. The zero-order valence-corrected chi connectivity index (χ0v) is 14.6. The lowest BCUT2D eigenvalue weighted by molar-refractivity contribution is 0.0821. The van der Waals surface area contributed by atoms with Gasteiger partial charge >= 0.3 is 0 Å². The van der Waals surface area contributed by atoms with Crippen LogP contribution >= 0.6 is 0 Å². The Morgan fingerprint density at radius 3 is 2.84 bits per heavy atom. The minimum absolute atomic E-state index is 0.0849. The van der Waals surface area contributed by atoms with Gasteiger partial charge in [-0.05, 0) is 24.6 Å². The molecule has 2 aromatic heterocycles. The summed E-state index contributed by atoms with van der Waals surface area (Å²) in [6.07, 6.45) is 4.25. The Morgan fingerprint density at radius 1 is 1.28 bits per heavy atom. The van der Waals surface area contributed by atoms with Gasteiger partial charge in [0, 0.05) is 51.2 Å². The number of hydrogen-bond donors (Lipinski definition) is 0. The van der Waals surface area contributed by atoms with E-state index in [0.717, 1.165) is 31.2 Å². The average Bonchev–Trinajstić information content (AvgIpc) is 2.87. The molecule has 0 saturated carbocycles. The number of amides is 1. The number of rotatable bonds is 4. The highest BCUT2D eigenvalue weighted by Crippen LogP contribution is 2.16. The molecule has 3 rings (SSSR count). The summed E-state index contributed by atoms with van der Waals surface area (Å²) in [6.45, 7) is 2.89. The van der Waals surface area contributed by atoms with Crippen molar-refractivity contribution in [1.29, 1.82) is 0 Å². The van der Waals surface area contributed by atoms with Crippen LogP contribution in [0.2, 0.25) is 0 Å². The highest BCUT2D eigenvalue weighted by Gasteiger charge is 2.21. The van der Waals surface area contributed by atoms with Crippen molar-refractivity contribution in [3.63, 3.8) is 0 Å². The molecule has 0 spiro atoms. The van der Waals surface area contributed by atoms with Gasteiger partial charge in [0.05, 0.1) is 13.2 Å². The van der Waals surface area contributed by atoms with Gasteiger partial charge in [0.2, 0.25) is 5.95 Å². The van der Waals surface area contributed by atoms with Gasteiger partial charge in [0.25, 0.3) is 5.91 Å². The predicted octanol–water partition coefficient (Wildman–Crippen LogP) is 1.27. The molecule has 0 aliphatic carbocycles. The summed E-state index contributed by atoms with van der Waals surface area (Å²) in [6, 6.07) is 7.40. The Balaban J connectivity index is 1.71. The summed E-state index contributed by atoms with van der Waals surface area (Å²) in [7, 11) is 3.46. The van der Waals surface area contributed by atoms with Crippen molar-refractivity contribution >= 4 is 11.9 Å². The maximum atomic E-state index is 12.1. The van der Waals surface area contributed by atoms with E-state index in [1.54, 1.807) is 32.6 Å². The second kappa shape index (κ2) is 8.02. The quantitative estimate of drug-likeness (QED) is 0.834. The minimum Gasteiger partial charge on any atom is -0.379 e. The second-order valence-electron chi connectivity index (χ2n) is 6.35. The van der Waals surface area contributed by atoms with Crippen LogP contribution in [0.5, 0.6) is 0 Å². The SMILES string of the molecule is CN(C)C(=O)c1cccc(C[C@H]2COCCN(c3ncccn3)C2)n1. The van der Waals surface area contributed by atoms with Crippen LogP contribution in [0.15, 0.2) is 36.7 Å². The standard InChI is InChI=1S/C18H23N5O2/c1-22(2)17(24)16-6-3-5-15(21-16)11-14-12-23(9-10-25-13-14)18-19-7-4-8-20-18/h3-8,14H,9-13H2,1-2H3/t14-/m1/s1. The molecule has 0 radical (unpaired) electrons. The molecule has 7 heteroatoms. The monoisotopic (exact) mass is 341 g/mol. The number of nitrogens with zero attached hydrogens (tertiary/aromatic N) is 5. The first-order valence-electron chi connectivity index (χ1n) is 8.41. The van der Waals surface area contributed by atoms with Crippen LogP contribution in [0.1, 0.15) is 16.2 Å². The van der Waals surface area contributed by atoms with Crippen LogP contribution in [-0.4, -0.2) is 66.2 Å². The van der Waals surface area contributed by atoms with E-state index in [1.807, 2.05) is 18.2 Å². The van der Waals surface area contributed by atoms with E-state index < -0.39 is 0 Å². The van der Waals surface area contributed by atoms with Crippen LogP contribution in [0, 0.1) is 5.92 Å². The summed E-state index contributed by atoms with van der Waals surface area (Å²) < 4.78 is 5.75. The molecular weight excluding hydrogens is 318 g/mol. The number of aromatic nitrogens is 3. The Bertz CT molecular complexity index is 708. The first kappa shape index (κ1) is 17.3. The molecular formula is C18H23N5O2. The molecule has 0 unspecified atom stereocenters. The number of hydrogen-bond acceptors (Lipinski definition) is 6. The fourth-order valence-electron chi connectivity index (χ4n) is 2.88. The van der Waals surface area contributed by atoms with E-state index in [1.165, 1.54) is 4.90 Å². The van der Waals surface area contributed by atoms with Crippen LogP contribution in [-0.2, 0) is 11.2 Å². The fraction of sp³-hybridized carbons (Fsp3) is 0.444. The smallest absolute Gasteiger partial charge is 0.271 e. The summed E-state index contributed by atoms with van der Waals surface area (Å²) in [5.74, 6) is 0.907. The van der Waals surface area contributed by atoms with E-state index in [4.69, 9.17) is 4.74 Å². The van der Waals surface area contributed by atoms with E-state index >= 15 is 0 Å². The first-order valence-corrected chi connectivity index (χ1v) is 8.41. The van der Waals surface area contributed by atoms with Crippen LogP contribution < -0.4 is 4.90 Å². The van der Waals surface area contributed by atoms with Crippen molar-refractivity contribution in [3.8, 4) is 0 Å². The third-order valence-electron chi connectivity index (χ3n) is 4.10. The van der Waals surface area contributed by atoms with Crippen LogP contribution in [0.4, 0.5) is 5.95 Å². The van der Waals surface area contributed by atoms with E-state index in [-0.39, 0.29) is 11.8 Å². The minimum atomic E-state index is -0.0849. The van der Waals surface area contributed by atoms with Gasteiger partial charge in [-0.2, -0.15) is 0 Å². The van der Waals surface area contributed by atoms with Crippen molar-refractivity contribution in [2.75, 3.05) is 45.3 Å². The molecule has 0 aromatic carbocycles. The lowest BCUT2D eigenvalue weighted by Crippen LogP contribution is -2.32. The third kappa shape index (κ3) is 4.51. The third-order valence-corrected chi connectivity index (χ3v) is 4.10. The molecule has 1 aliphatic rings. The van der Waals surface area contributed by atoms with Crippen LogP contribution in [0.25, 0.3) is 0 Å². The number of anilines is 1. The molecule has 2 aromatic rings. The van der Waals surface area contributed by atoms with E-state index in [0.29, 0.717) is 18.9 Å². The molecule has 1 amide bonds. The zero-order chi connectivity index (χ0) is 17.6. The van der Waals surface area contributed by atoms with Crippen molar-refractivity contribution in [2.24, 2.45) is 5.92 Å². The Hall–Kier alpha value is -2.54. The molecule has 0 bridgehead atoms. The summed E-state index contributed by atoms with van der Waals surface area (Å²) in [4.78, 5) is 29.0. The van der Waals surface area contributed by atoms with E-state index in [9.17, 15) is 4.79 Å². The largest absolute Gasteiger partial charge is 0.379 e. The number of carbonyl (C=O) groups excluding carboxylic acids is 1. The molecule has 1 atom stereocenters. The second-order valence-corrected chi connectivity index (χ2v) is 6.35. The highest BCUT2D eigenvalue weighted by atomic mass is 16.5. The van der Waals surface area contributed by atoms with Crippen molar-refractivity contribution in [2.45, 2.75) is 6.42 Å². The van der Waals surface area contributed by atoms with Crippen molar-refractivity contribution < 1.29 is 9.53 Å². The maximum Gasteiger partial charge on any atom is 0.271 e. The number of pyridine rings is 1. The average molecular weight is 341 g/mol. The zero-order valence-electron chi connectivity index (χ0n) is 14.6.